The first-order valence-electron chi connectivity index (χ1n) is 8.65. The Kier molecular flexibility index (Phi) is 5.94. The molecule has 0 spiro atoms. The van der Waals surface area contributed by atoms with E-state index in [1.54, 1.807) is 31.1 Å². The number of rotatable bonds is 4. The van der Waals surface area contributed by atoms with Crippen LogP contribution in [-0.4, -0.2) is 32.1 Å². The van der Waals surface area contributed by atoms with Crippen molar-refractivity contribution in [2.75, 3.05) is 25.2 Å². The van der Waals surface area contributed by atoms with Crippen LogP contribution >= 0.6 is 11.6 Å². The molecule has 0 radical (unpaired) electrons. The van der Waals surface area contributed by atoms with Gasteiger partial charge < -0.3 is 15.0 Å². The molecule has 3 rings (SSSR count). The summed E-state index contributed by atoms with van der Waals surface area (Å²) < 4.78 is 4.95. The molecule has 2 aromatic carbocycles. The first-order valence-corrected chi connectivity index (χ1v) is 9.03. The smallest absolute Gasteiger partial charge is 0.251 e. The highest BCUT2D eigenvalue weighted by atomic mass is 35.5. The standard InChI is InChI=1S/C21H21ClN2O3/c1-14(25)24-13-18-6-5-17(21(26)23-9-10-27-2)11-15(18)3-4-16-12-19(22)7-8-20(16)24/h3-8,11-12H,9-10,13H2,1-2H3,(H,23,26)/b4-3-. The molecule has 0 saturated heterocycles. The number of methoxy groups -OCH3 is 1. The molecule has 0 atom stereocenters. The number of hydrogen-bond donors (Lipinski definition) is 1. The number of ether oxygens (including phenoxy) is 1. The third-order valence-corrected chi connectivity index (χ3v) is 4.67. The minimum Gasteiger partial charge on any atom is -0.383 e. The van der Waals surface area contributed by atoms with Gasteiger partial charge in [-0.15, -0.1) is 0 Å². The lowest BCUT2D eigenvalue weighted by Gasteiger charge is -2.26. The monoisotopic (exact) mass is 384 g/mol. The number of benzene rings is 2. The van der Waals surface area contributed by atoms with Crippen LogP contribution in [0, 0.1) is 0 Å². The molecule has 0 aliphatic carbocycles. The molecule has 1 N–H and O–H groups in total. The van der Waals surface area contributed by atoms with Crippen LogP contribution in [0.4, 0.5) is 5.69 Å². The fourth-order valence-corrected chi connectivity index (χ4v) is 3.21. The SMILES string of the molecule is COCCNC(=O)c1ccc2c(c1)/C=C\c1cc(Cl)ccc1N(C(C)=O)C2. The second kappa shape index (κ2) is 8.37. The molecule has 1 aliphatic heterocycles. The second-order valence-corrected chi connectivity index (χ2v) is 6.74. The summed E-state index contributed by atoms with van der Waals surface area (Å²) in [4.78, 5) is 26.3. The van der Waals surface area contributed by atoms with Gasteiger partial charge in [0.2, 0.25) is 5.91 Å². The van der Waals surface area contributed by atoms with Gasteiger partial charge in [-0.1, -0.05) is 29.8 Å². The lowest BCUT2D eigenvalue weighted by molar-refractivity contribution is -0.116. The van der Waals surface area contributed by atoms with E-state index in [-0.39, 0.29) is 11.8 Å². The second-order valence-electron chi connectivity index (χ2n) is 6.30. The molecule has 2 aromatic rings. The maximum Gasteiger partial charge on any atom is 0.251 e. The minimum atomic E-state index is -0.155. The van der Waals surface area contributed by atoms with Crippen molar-refractivity contribution >= 4 is 41.3 Å². The molecule has 6 heteroatoms. The van der Waals surface area contributed by atoms with Crippen molar-refractivity contribution in [3.63, 3.8) is 0 Å². The van der Waals surface area contributed by atoms with Gasteiger partial charge in [0.1, 0.15) is 0 Å². The van der Waals surface area contributed by atoms with E-state index in [1.165, 1.54) is 0 Å². The summed E-state index contributed by atoms with van der Waals surface area (Å²) in [6.45, 7) is 2.88. The van der Waals surface area contributed by atoms with Gasteiger partial charge >= 0.3 is 0 Å². The maximum atomic E-state index is 12.3. The Morgan fingerprint density at radius 3 is 2.67 bits per heavy atom. The van der Waals surface area contributed by atoms with Gasteiger partial charge in [0.25, 0.3) is 5.91 Å². The average Bonchev–Trinajstić information content (AvgIpc) is 2.63. The summed E-state index contributed by atoms with van der Waals surface area (Å²) in [5.41, 5.74) is 4.10. The Labute approximate surface area is 163 Å². The highest BCUT2D eigenvalue weighted by Crippen LogP contribution is 2.31. The molecular weight excluding hydrogens is 364 g/mol. The third kappa shape index (κ3) is 4.38. The molecule has 1 aliphatic rings. The molecule has 140 valence electrons. The predicted octanol–water partition coefficient (Wildman–Crippen LogP) is 3.75. The van der Waals surface area contributed by atoms with E-state index in [4.69, 9.17) is 16.3 Å². The molecule has 27 heavy (non-hydrogen) atoms. The van der Waals surface area contributed by atoms with Crippen LogP contribution in [0.15, 0.2) is 36.4 Å². The number of carbonyl (C=O) groups is 2. The number of amides is 2. The van der Waals surface area contributed by atoms with Crippen molar-refractivity contribution in [1.29, 1.82) is 0 Å². The first kappa shape index (κ1) is 19.1. The summed E-state index contributed by atoms with van der Waals surface area (Å²) in [6, 6.07) is 11.0. The summed E-state index contributed by atoms with van der Waals surface area (Å²) in [7, 11) is 1.59. The number of carbonyl (C=O) groups excluding carboxylic acids is 2. The van der Waals surface area contributed by atoms with Gasteiger partial charge in [0.05, 0.1) is 18.8 Å². The van der Waals surface area contributed by atoms with Crippen molar-refractivity contribution in [3.8, 4) is 0 Å². The molecule has 5 nitrogen and oxygen atoms in total. The number of halogens is 1. The molecule has 0 fully saturated rings. The van der Waals surface area contributed by atoms with E-state index < -0.39 is 0 Å². The number of fused-ring (bicyclic) bond motifs is 2. The molecule has 0 aromatic heterocycles. The molecule has 0 unspecified atom stereocenters. The van der Waals surface area contributed by atoms with E-state index in [0.29, 0.717) is 30.3 Å². The lowest BCUT2D eigenvalue weighted by Crippen LogP contribution is -2.29. The van der Waals surface area contributed by atoms with Crippen molar-refractivity contribution in [2.45, 2.75) is 13.5 Å². The number of anilines is 1. The zero-order valence-corrected chi connectivity index (χ0v) is 16.0. The van der Waals surface area contributed by atoms with E-state index in [1.807, 2.05) is 36.4 Å². The van der Waals surface area contributed by atoms with Crippen LogP contribution in [0.2, 0.25) is 5.02 Å². The summed E-state index contributed by atoms with van der Waals surface area (Å²) in [6.07, 6.45) is 3.87. The van der Waals surface area contributed by atoms with E-state index >= 15 is 0 Å². The zero-order chi connectivity index (χ0) is 19.4. The average molecular weight is 385 g/mol. The van der Waals surface area contributed by atoms with Gasteiger partial charge in [-0.3, -0.25) is 9.59 Å². The Balaban J connectivity index is 1.98. The van der Waals surface area contributed by atoms with Gasteiger partial charge in [0.15, 0.2) is 0 Å². The van der Waals surface area contributed by atoms with Crippen LogP contribution in [-0.2, 0) is 16.1 Å². The fraction of sp³-hybridized carbons (Fsp3) is 0.238. The fourth-order valence-electron chi connectivity index (χ4n) is 3.02. The van der Waals surface area contributed by atoms with E-state index in [2.05, 4.69) is 5.32 Å². The van der Waals surface area contributed by atoms with Gasteiger partial charge in [-0.2, -0.15) is 0 Å². The Hall–Kier alpha value is -2.63. The van der Waals surface area contributed by atoms with Gasteiger partial charge in [0, 0.05) is 31.2 Å². The van der Waals surface area contributed by atoms with Gasteiger partial charge in [-0.05, 0) is 47.0 Å². The van der Waals surface area contributed by atoms with E-state index in [0.717, 1.165) is 22.4 Å². The predicted molar refractivity (Wildman–Crippen MR) is 108 cm³/mol. The normalized spacial score (nSPS) is 13.8. The third-order valence-electron chi connectivity index (χ3n) is 4.43. The zero-order valence-electron chi connectivity index (χ0n) is 15.3. The quantitative estimate of drug-likeness (QED) is 0.816. The lowest BCUT2D eigenvalue weighted by atomic mass is 9.98. The van der Waals surface area contributed by atoms with Gasteiger partial charge in [-0.25, -0.2) is 0 Å². The van der Waals surface area contributed by atoms with Crippen LogP contribution in [0.25, 0.3) is 12.2 Å². The molecular formula is C21H21ClN2O3. The van der Waals surface area contributed by atoms with Crippen molar-refractivity contribution in [1.82, 2.24) is 5.32 Å². The number of hydrogen-bond acceptors (Lipinski definition) is 3. The number of nitrogens with zero attached hydrogens (tertiary/aromatic N) is 1. The largest absolute Gasteiger partial charge is 0.383 e. The van der Waals surface area contributed by atoms with Crippen molar-refractivity contribution in [3.05, 3.63) is 63.7 Å². The minimum absolute atomic E-state index is 0.0544. The summed E-state index contributed by atoms with van der Waals surface area (Å²) in [5, 5.41) is 3.42. The Morgan fingerprint density at radius 1 is 1.15 bits per heavy atom. The highest BCUT2D eigenvalue weighted by molar-refractivity contribution is 6.30. The maximum absolute atomic E-state index is 12.3. The van der Waals surface area contributed by atoms with Crippen LogP contribution < -0.4 is 10.2 Å². The first-order chi connectivity index (χ1) is 13.0. The van der Waals surface area contributed by atoms with Crippen LogP contribution in [0.3, 0.4) is 0 Å². The molecule has 0 saturated carbocycles. The van der Waals surface area contributed by atoms with Crippen molar-refractivity contribution in [2.24, 2.45) is 0 Å². The molecule has 1 heterocycles. The highest BCUT2D eigenvalue weighted by Gasteiger charge is 2.19. The molecule has 0 bridgehead atoms. The van der Waals surface area contributed by atoms with Crippen LogP contribution in [0.1, 0.15) is 34.0 Å². The van der Waals surface area contributed by atoms with Crippen molar-refractivity contribution < 1.29 is 14.3 Å². The summed E-state index contributed by atoms with van der Waals surface area (Å²) in [5.74, 6) is -0.210. The summed E-state index contributed by atoms with van der Waals surface area (Å²) >= 11 is 6.12. The Bertz CT molecular complexity index is 908. The topological polar surface area (TPSA) is 58.6 Å². The molecule has 2 amide bonds. The number of nitrogens with one attached hydrogen (secondary N) is 1. The Morgan fingerprint density at radius 2 is 1.93 bits per heavy atom. The van der Waals surface area contributed by atoms with Crippen LogP contribution in [0.5, 0.6) is 0 Å². The van der Waals surface area contributed by atoms with E-state index in [9.17, 15) is 9.59 Å².